The minimum Gasteiger partial charge on any atom is -0.444 e. The molecule has 1 saturated heterocycles. The number of anilines is 1. The maximum atomic E-state index is 12.0. The Balaban J connectivity index is 1.44. The van der Waals surface area contributed by atoms with E-state index in [9.17, 15) is 4.79 Å². The van der Waals surface area contributed by atoms with Gasteiger partial charge in [0.05, 0.1) is 6.04 Å². The summed E-state index contributed by atoms with van der Waals surface area (Å²) in [5, 5.41) is 3.00. The van der Waals surface area contributed by atoms with Crippen LogP contribution < -0.4 is 10.2 Å². The molecule has 1 aromatic carbocycles. The van der Waals surface area contributed by atoms with Gasteiger partial charge in [0.15, 0.2) is 0 Å². The molecule has 1 amide bonds. The summed E-state index contributed by atoms with van der Waals surface area (Å²) in [6.45, 7) is 7.50. The number of benzene rings is 1. The van der Waals surface area contributed by atoms with E-state index in [1.807, 2.05) is 20.8 Å². The third-order valence-corrected chi connectivity index (χ3v) is 5.78. The van der Waals surface area contributed by atoms with E-state index < -0.39 is 5.60 Å². The molecule has 0 radical (unpaired) electrons. The molecule has 2 aliphatic rings. The monoisotopic (exact) mass is 372 g/mol. The van der Waals surface area contributed by atoms with Crippen LogP contribution in [0.4, 0.5) is 10.5 Å². The van der Waals surface area contributed by atoms with Crippen LogP contribution in [-0.2, 0) is 11.2 Å². The van der Waals surface area contributed by atoms with Gasteiger partial charge in [-0.2, -0.15) is 0 Å². The number of carbonyl (C=O) groups excluding carboxylic acids is 1. The van der Waals surface area contributed by atoms with E-state index >= 15 is 0 Å². The topological polar surface area (TPSA) is 41.6 Å². The Labute approximate surface area is 164 Å². The second-order valence-corrected chi connectivity index (χ2v) is 9.29. The van der Waals surface area contributed by atoms with Gasteiger partial charge in [-0.25, -0.2) is 4.79 Å². The highest BCUT2D eigenvalue weighted by molar-refractivity contribution is 5.68. The molecule has 1 aliphatic heterocycles. The van der Waals surface area contributed by atoms with Crippen LogP contribution in [0.2, 0.25) is 0 Å². The lowest BCUT2D eigenvalue weighted by atomic mass is 9.85. The van der Waals surface area contributed by atoms with Gasteiger partial charge in [-0.15, -0.1) is 0 Å². The Bertz CT molecular complexity index is 600. The average molecular weight is 373 g/mol. The summed E-state index contributed by atoms with van der Waals surface area (Å²) < 4.78 is 5.36. The lowest BCUT2D eigenvalue weighted by Crippen LogP contribution is -2.40. The first kappa shape index (κ1) is 20.0. The molecule has 2 fully saturated rings. The van der Waals surface area contributed by atoms with E-state index in [4.69, 9.17) is 4.74 Å². The van der Waals surface area contributed by atoms with Gasteiger partial charge in [0.25, 0.3) is 0 Å². The zero-order valence-corrected chi connectivity index (χ0v) is 17.3. The minimum absolute atomic E-state index is 0.158. The van der Waals surface area contributed by atoms with Crippen LogP contribution in [0.25, 0.3) is 0 Å². The summed E-state index contributed by atoms with van der Waals surface area (Å²) in [6.07, 6.45) is 10.3. The Morgan fingerprint density at radius 2 is 1.81 bits per heavy atom. The summed E-state index contributed by atoms with van der Waals surface area (Å²) in [5.41, 5.74) is 2.26. The fourth-order valence-corrected chi connectivity index (χ4v) is 4.31. The summed E-state index contributed by atoms with van der Waals surface area (Å²) in [7, 11) is 0. The average Bonchev–Trinajstić information content (AvgIpc) is 3.08. The summed E-state index contributed by atoms with van der Waals surface area (Å²) in [4.78, 5) is 14.3. The SMILES string of the molecule is CC(C)(C)OC(=O)NC1CCN(c2ccc(CCC3CCCCC3)cc2)C1. The molecule has 1 N–H and O–H groups in total. The molecule has 4 nitrogen and oxygen atoms in total. The van der Waals surface area contributed by atoms with Gasteiger partial charge < -0.3 is 15.0 Å². The van der Waals surface area contributed by atoms with E-state index in [1.165, 1.54) is 56.2 Å². The maximum absolute atomic E-state index is 12.0. The third kappa shape index (κ3) is 6.44. The highest BCUT2D eigenvalue weighted by Crippen LogP contribution is 2.28. The molecule has 0 aromatic heterocycles. The molecule has 1 atom stereocenters. The number of hydrogen-bond acceptors (Lipinski definition) is 3. The highest BCUT2D eigenvalue weighted by Gasteiger charge is 2.26. The first-order chi connectivity index (χ1) is 12.9. The molecule has 27 heavy (non-hydrogen) atoms. The standard InChI is InChI=1S/C23H36N2O2/c1-23(2,3)27-22(26)24-20-15-16-25(17-20)21-13-11-19(12-14-21)10-9-18-7-5-4-6-8-18/h11-14,18,20H,4-10,15-17H2,1-3H3,(H,24,26). The number of alkyl carbamates (subject to hydrolysis) is 1. The van der Waals surface area contributed by atoms with Crippen LogP contribution in [0, 0.1) is 5.92 Å². The normalized spacial score (nSPS) is 21.3. The summed E-state index contributed by atoms with van der Waals surface area (Å²) in [6, 6.07) is 9.21. The fourth-order valence-electron chi connectivity index (χ4n) is 4.31. The van der Waals surface area contributed by atoms with Crippen molar-refractivity contribution in [2.24, 2.45) is 5.92 Å². The van der Waals surface area contributed by atoms with Gasteiger partial charge in [0.1, 0.15) is 5.60 Å². The first-order valence-corrected chi connectivity index (χ1v) is 10.7. The summed E-state index contributed by atoms with van der Waals surface area (Å²) in [5.74, 6) is 0.941. The number of nitrogens with zero attached hydrogens (tertiary/aromatic N) is 1. The number of hydrogen-bond donors (Lipinski definition) is 1. The Hall–Kier alpha value is -1.71. The third-order valence-electron chi connectivity index (χ3n) is 5.78. The Morgan fingerprint density at radius 3 is 2.48 bits per heavy atom. The van der Waals surface area contributed by atoms with Gasteiger partial charge in [-0.3, -0.25) is 0 Å². The van der Waals surface area contributed by atoms with Crippen molar-refractivity contribution in [3.8, 4) is 0 Å². The van der Waals surface area contributed by atoms with Crippen LogP contribution in [0.1, 0.15) is 71.3 Å². The van der Waals surface area contributed by atoms with Crippen molar-refractivity contribution in [1.82, 2.24) is 5.32 Å². The quantitative estimate of drug-likeness (QED) is 0.762. The van der Waals surface area contributed by atoms with Crippen molar-refractivity contribution in [2.45, 2.75) is 83.8 Å². The van der Waals surface area contributed by atoms with E-state index in [0.29, 0.717) is 0 Å². The predicted molar refractivity (Wildman–Crippen MR) is 111 cm³/mol. The van der Waals surface area contributed by atoms with Gasteiger partial charge in [0, 0.05) is 18.8 Å². The zero-order chi connectivity index (χ0) is 19.3. The van der Waals surface area contributed by atoms with Crippen LogP contribution in [0.5, 0.6) is 0 Å². The van der Waals surface area contributed by atoms with Crippen molar-refractivity contribution < 1.29 is 9.53 Å². The van der Waals surface area contributed by atoms with E-state index in [1.54, 1.807) is 0 Å². The number of nitrogens with one attached hydrogen (secondary N) is 1. The van der Waals surface area contributed by atoms with E-state index in [-0.39, 0.29) is 12.1 Å². The van der Waals surface area contributed by atoms with E-state index in [0.717, 1.165) is 25.4 Å². The molecule has 1 heterocycles. The van der Waals surface area contributed by atoms with Crippen molar-refractivity contribution in [2.75, 3.05) is 18.0 Å². The number of carbonyl (C=O) groups is 1. The molecule has 0 spiro atoms. The minimum atomic E-state index is -0.449. The summed E-state index contributed by atoms with van der Waals surface area (Å²) >= 11 is 0. The Morgan fingerprint density at radius 1 is 1.11 bits per heavy atom. The molecule has 150 valence electrons. The molecule has 4 heteroatoms. The second-order valence-electron chi connectivity index (χ2n) is 9.29. The molecule has 1 unspecified atom stereocenters. The fraction of sp³-hybridized carbons (Fsp3) is 0.696. The highest BCUT2D eigenvalue weighted by atomic mass is 16.6. The number of aryl methyl sites for hydroxylation is 1. The number of rotatable bonds is 5. The Kier molecular flexibility index (Phi) is 6.67. The van der Waals surface area contributed by atoms with Crippen molar-refractivity contribution in [3.63, 3.8) is 0 Å². The van der Waals surface area contributed by atoms with Crippen LogP contribution in [0.3, 0.4) is 0 Å². The van der Waals surface area contributed by atoms with Crippen molar-refractivity contribution in [3.05, 3.63) is 29.8 Å². The van der Waals surface area contributed by atoms with Gasteiger partial charge in [0.2, 0.25) is 0 Å². The van der Waals surface area contributed by atoms with Gasteiger partial charge >= 0.3 is 6.09 Å². The molecule has 1 aromatic rings. The molecular weight excluding hydrogens is 336 g/mol. The van der Waals surface area contributed by atoms with Crippen LogP contribution in [-0.4, -0.2) is 30.8 Å². The predicted octanol–water partition coefficient (Wildman–Crippen LogP) is 5.30. The van der Waals surface area contributed by atoms with Crippen LogP contribution in [0.15, 0.2) is 24.3 Å². The largest absolute Gasteiger partial charge is 0.444 e. The maximum Gasteiger partial charge on any atom is 0.407 e. The lowest BCUT2D eigenvalue weighted by molar-refractivity contribution is 0.0509. The molecule has 1 aliphatic carbocycles. The molecule has 1 saturated carbocycles. The molecular formula is C23H36N2O2. The van der Waals surface area contributed by atoms with Crippen LogP contribution >= 0.6 is 0 Å². The number of amides is 1. The first-order valence-electron chi connectivity index (χ1n) is 10.7. The van der Waals surface area contributed by atoms with E-state index in [2.05, 4.69) is 34.5 Å². The smallest absolute Gasteiger partial charge is 0.407 e. The van der Waals surface area contributed by atoms with Crippen molar-refractivity contribution in [1.29, 1.82) is 0 Å². The second kappa shape index (κ2) is 8.99. The molecule has 3 rings (SSSR count). The number of ether oxygens (including phenoxy) is 1. The van der Waals surface area contributed by atoms with Gasteiger partial charge in [-0.1, -0.05) is 44.2 Å². The lowest BCUT2D eigenvalue weighted by Gasteiger charge is -2.23. The van der Waals surface area contributed by atoms with Gasteiger partial charge in [-0.05, 0) is 63.6 Å². The van der Waals surface area contributed by atoms with Crippen molar-refractivity contribution >= 4 is 11.8 Å². The molecule has 0 bridgehead atoms. The zero-order valence-electron chi connectivity index (χ0n) is 17.3.